The molecule has 0 fully saturated rings. The molecule has 0 atom stereocenters. The van der Waals surface area contributed by atoms with Crippen LogP contribution in [-0.4, -0.2) is 38.5 Å². The summed E-state index contributed by atoms with van der Waals surface area (Å²) in [6, 6.07) is 0. The monoisotopic (exact) mass is 305 g/mol. The fourth-order valence-corrected chi connectivity index (χ4v) is 1.94. The van der Waals surface area contributed by atoms with Crippen LogP contribution in [0.25, 0.3) is 0 Å². The highest BCUT2D eigenvalue weighted by molar-refractivity contribution is 5.99. The van der Waals surface area contributed by atoms with E-state index in [1.807, 2.05) is 20.0 Å². The number of hydrogen-bond donors (Lipinski definition) is 1. The lowest BCUT2D eigenvalue weighted by molar-refractivity contribution is -0.116. The number of ether oxygens (including phenoxy) is 1. The standard InChI is InChI=1S/C14H19N5O3/c1-4-18-9-11(13(17-18)14(21)22-3)16-12(20)5-6-19-8-10(2)7-15-19/h7-9H,4-6H2,1-3H3,(H,16,20). The summed E-state index contributed by atoms with van der Waals surface area (Å²) < 4.78 is 7.94. The van der Waals surface area contributed by atoms with E-state index in [9.17, 15) is 9.59 Å². The third kappa shape index (κ3) is 3.72. The van der Waals surface area contributed by atoms with Gasteiger partial charge in [0, 0.05) is 31.9 Å². The first-order valence-corrected chi connectivity index (χ1v) is 6.98. The van der Waals surface area contributed by atoms with Crippen molar-refractivity contribution in [1.82, 2.24) is 19.6 Å². The fourth-order valence-electron chi connectivity index (χ4n) is 1.94. The minimum absolute atomic E-state index is 0.104. The summed E-state index contributed by atoms with van der Waals surface area (Å²) >= 11 is 0. The van der Waals surface area contributed by atoms with Crippen LogP contribution in [0.5, 0.6) is 0 Å². The van der Waals surface area contributed by atoms with Crippen molar-refractivity contribution in [2.75, 3.05) is 12.4 Å². The zero-order chi connectivity index (χ0) is 16.1. The molecule has 2 aromatic rings. The average Bonchev–Trinajstić information content (AvgIpc) is 3.10. The van der Waals surface area contributed by atoms with Gasteiger partial charge in [0.2, 0.25) is 5.91 Å². The molecule has 0 saturated heterocycles. The number of amides is 1. The summed E-state index contributed by atoms with van der Waals surface area (Å²) in [5, 5.41) is 10.9. The van der Waals surface area contributed by atoms with Crippen molar-refractivity contribution in [3.63, 3.8) is 0 Å². The van der Waals surface area contributed by atoms with Crippen LogP contribution in [0.1, 0.15) is 29.4 Å². The summed E-state index contributed by atoms with van der Waals surface area (Å²) in [4.78, 5) is 23.7. The van der Waals surface area contributed by atoms with Crippen molar-refractivity contribution in [1.29, 1.82) is 0 Å². The van der Waals surface area contributed by atoms with Crippen LogP contribution in [-0.2, 0) is 22.6 Å². The van der Waals surface area contributed by atoms with E-state index in [1.165, 1.54) is 7.11 Å². The van der Waals surface area contributed by atoms with E-state index < -0.39 is 5.97 Å². The maximum absolute atomic E-state index is 12.0. The van der Waals surface area contributed by atoms with Crippen LogP contribution < -0.4 is 5.32 Å². The molecule has 2 aromatic heterocycles. The molecule has 0 aliphatic carbocycles. The van der Waals surface area contributed by atoms with Crippen molar-refractivity contribution in [3.05, 3.63) is 29.8 Å². The Morgan fingerprint density at radius 2 is 2.09 bits per heavy atom. The normalized spacial score (nSPS) is 10.5. The van der Waals surface area contributed by atoms with Crippen molar-refractivity contribution in [2.45, 2.75) is 33.4 Å². The third-order valence-corrected chi connectivity index (χ3v) is 3.07. The topological polar surface area (TPSA) is 91.0 Å². The maximum Gasteiger partial charge on any atom is 0.360 e. The van der Waals surface area contributed by atoms with Gasteiger partial charge in [-0.3, -0.25) is 14.2 Å². The molecule has 2 heterocycles. The third-order valence-electron chi connectivity index (χ3n) is 3.07. The van der Waals surface area contributed by atoms with Crippen molar-refractivity contribution in [3.8, 4) is 0 Å². The fraction of sp³-hybridized carbons (Fsp3) is 0.429. The molecule has 0 bridgehead atoms. The van der Waals surface area contributed by atoms with Crippen molar-refractivity contribution in [2.24, 2.45) is 0 Å². The second-order valence-electron chi connectivity index (χ2n) is 4.82. The lowest BCUT2D eigenvalue weighted by Crippen LogP contribution is -2.16. The Balaban J connectivity index is 2.01. The van der Waals surface area contributed by atoms with E-state index in [1.54, 1.807) is 21.8 Å². The van der Waals surface area contributed by atoms with Crippen LogP contribution in [0.3, 0.4) is 0 Å². The highest BCUT2D eigenvalue weighted by atomic mass is 16.5. The van der Waals surface area contributed by atoms with Crippen molar-refractivity contribution < 1.29 is 14.3 Å². The molecular formula is C14H19N5O3. The Kier molecular flexibility index (Phi) is 4.92. The number of carbonyl (C=O) groups is 2. The first-order valence-electron chi connectivity index (χ1n) is 6.98. The quantitative estimate of drug-likeness (QED) is 0.810. The Labute approximate surface area is 128 Å². The number of nitrogens with one attached hydrogen (secondary N) is 1. The van der Waals surface area contributed by atoms with Gasteiger partial charge in [0.15, 0.2) is 5.69 Å². The smallest absolute Gasteiger partial charge is 0.360 e. The SMILES string of the molecule is CCn1cc(NC(=O)CCn2cc(C)cn2)c(C(=O)OC)n1. The molecule has 0 unspecified atom stereocenters. The van der Waals surface area contributed by atoms with E-state index in [0.717, 1.165) is 5.56 Å². The predicted molar refractivity (Wildman–Crippen MR) is 79.5 cm³/mol. The molecule has 0 radical (unpaired) electrons. The van der Waals surface area contributed by atoms with Crippen LogP contribution in [0.4, 0.5) is 5.69 Å². The number of anilines is 1. The molecule has 118 valence electrons. The summed E-state index contributed by atoms with van der Waals surface area (Å²) in [5.41, 5.74) is 1.50. The molecule has 1 amide bonds. The summed E-state index contributed by atoms with van der Waals surface area (Å²) in [6.45, 7) is 4.88. The lowest BCUT2D eigenvalue weighted by Gasteiger charge is -2.04. The molecule has 0 spiro atoms. The molecule has 2 rings (SSSR count). The molecule has 0 aromatic carbocycles. The zero-order valence-electron chi connectivity index (χ0n) is 12.9. The summed E-state index contributed by atoms with van der Waals surface area (Å²) in [7, 11) is 1.28. The van der Waals surface area contributed by atoms with Crippen LogP contribution in [0.15, 0.2) is 18.6 Å². The number of aryl methyl sites for hydroxylation is 3. The molecular weight excluding hydrogens is 286 g/mol. The van der Waals surface area contributed by atoms with Gasteiger partial charge < -0.3 is 10.1 Å². The van der Waals surface area contributed by atoms with Gasteiger partial charge in [0.05, 0.1) is 19.0 Å². The molecule has 1 N–H and O–H groups in total. The zero-order valence-corrected chi connectivity index (χ0v) is 12.9. The Morgan fingerprint density at radius 3 is 2.68 bits per heavy atom. The number of hydrogen-bond acceptors (Lipinski definition) is 5. The van der Waals surface area contributed by atoms with Crippen LogP contribution in [0.2, 0.25) is 0 Å². The minimum Gasteiger partial charge on any atom is -0.464 e. The largest absolute Gasteiger partial charge is 0.464 e. The number of methoxy groups -OCH3 is 1. The molecule has 8 heteroatoms. The highest BCUT2D eigenvalue weighted by Gasteiger charge is 2.18. The number of esters is 1. The lowest BCUT2D eigenvalue weighted by atomic mass is 10.3. The van der Waals surface area contributed by atoms with Crippen LogP contribution in [0, 0.1) is 6.92 Å². The molecule has 22 heavy (non-hydrogen) atoms. The average molecular weight is 305 g/mol. The van der Waals surface area contributed by atoms with E-state index >= 15 is 0 Å². The van der Waals surface area contributed by atoms with Gasteiger partial charge in [-0.1, -0.05) is 0 Å². The highest BCUT2D eigenvalue weighted by Crippen LogP contribution is 2.15. The summed E-state index contributed by atoms with van der Waals surface area (Å²) in [6.07, 6.45) is 5.46. The predicted octanol–water partition coefficient (Wildman–Crippen LogP) is 1.22. The van der Waals surface area contributed by atoms with Gasteiger partial charge in [-0.05, 0) is 19.4 Å². The van der Waals surface area contributed by atoms with E-state index in [0.29, 0.717) is 18.8 Å². The number of rotatable bonds is 6. The molecule has 0 saturated carbocycles. The minimum atomic E-state index is -0.579. The second kappa shape index (κ2) is 6.88. The first kappa shape index (κ1) is 15.7. The Bertz CT molecular complexity index is 674. The van der Waals surface area contributed by atoms with E-state index in [-0.39, 0.29) is 18.0 Å². The molecule has 0 aliphatic heterocycles. The molecule has 8 nitrogen and oxygen atoms in total. The van der Waals surface area contributed by atoms with Gasteiger partial charge in [0.1, 0.15) is 0 Å². The maximum atomic E-state index is 12.0. The first-order chi connectivity index (χ1) is 10.5. The van der Waals surface area contributed by atoms with Crippen molar-refractivity contribution >= 4 is 17.6 Å². The summed E-state index contributed by atoms with van der Waals surface area (Å²) in [5.74, 6) is -0.792. The number of nitrogens with zero attached hydrogens (tertiary/aromatic N) is 4. The van der Waals surface area contributed by atoms with Gasteiger partial charge in [-0.25, -0.2) is 4.79 Å². The van der Waals surface area contributed by atoms with Gasteiger partial charge >= 0.3 is 5.97 Å². The van der Waals surface area contributed by atoms with E-state index in [2.05, 4.69) is 20.3 Å². The Hall–Kier alpha value is -2.64. The number of carbonyl (C=O) groups excluding carboxylic acids is 2. The van der Waals surface area contributed by atoms with Gasteiger partial charge in [0.25, 0.3) is 0 Å². The van der Waals surface area contributed by atoms with Crippen LogP contribution >= 0.6 is 0 Å². The van der Waals surface area contributed by atoms with Gasteiger partial charge in [-0.2, -0.15) is 10.2 Å². The van der Waals surface area contributed by atoms with E-state index in [4.69, 9.17) is 0 Å². The Morgan fingerprint density at radius 1 is 1.32 bits per heavy atom. The molecule has 0 aliphatic rings. The number of aromatic nitrogens is 4. The second-order valence-corrected chi connectivity index (χ2v) is 4.82. The van der Waals surface area contributed by atoms with Gasteiger partial charge in [-0.15, -0.1) is 0 Å².